The molecule has 0 atom stereocenters. The van der Waals surface area contributed by atoms with Gasteiger partial charge in [0.05, 0.1) is 0 Å². The summed E-state index contributed by atoms with van der Waals surface area (Å²) in [5.41, 5.74) is 0. The zero-order valence-corrected chi connectivity index (χ0v) is 24.5. The molecule has 192 valence electrons. The molecule has 0 radical (unpaired) electrons. The van der Waals surface area contributed by atoms with Gasteiger partial charge in [-0.05, 0) is 0 Å². The van der Waals surface area contributed by atoms with Gasteiger partial charge in [-0.3, -0.25) is 0 Å². The van der Waals surface area contributed by atoms with Gasteiger partial charge < -0.3 is 0 Å². The average molecular weight is 575 g/mol. The number of ketones is 2. The van der Waals surface area contributed by atoms with Crippen LogP contribution in [-0.2, 0) is 25.3 Å². The first-order valence-electron chi connectivity index (χ1n) is 13.3. The van der Waals surface area contributed by atoms with E-state index in [9.17, 15) is 19.2 Å². The molecule has 0 rings (SSSR count). The number of rotatable bonds is 22. The van der Waals surface area contributed by atoms with Crippen molar-refractivity contribution < 1.29 is 25.3 Å². The molecule has 0 aromatic carbocycles. The SMILES string of the molecule is CCCCCCC[CH2][Sn]([CH2]CCCCCCC)([O]C(=O)CC(=O)CC)[O]C(=O)CC(=O)CC. The first-order valence-corrected chi connectivity index (χ1v) is 19.7. The van der Waals surface area contributed by atoms with Crippen LogP contribution in [0.25, 0.3) is 0 Å². The Balaban J connectivity index is 5.34. The fourth-order valence-corrected chi connectivity index (χ4v) is 13.0. The molecule has 0 aromatic rings. The van der Waals surface area contributed by atoms with E-state index in [0.29, 0.717) is 8.87 Å². The molecule has 0 aliphatic rings. The van der Waals surface area contributed by atoms with Crippen LogP contribution in [0.15, 0.2) is 0 Å². The summed E-state index contributed by atoms with van der Waals surface area (Å²) in [6, 6.07) is 0. The van der Waals surface area contributed by atoms with Crippen molar-refractivity contribution in [1.29, 1.82) is 0 Å². The van der Waals surface area contributed by atoms with Crippen molar-refractivity contribution in [3.63, 3.8) is 0 Å². The predicted molar refractivity (Wildman–Crippen MR) is 134 cm³/mol. The normalized spacial score (nSPS) is 11.3. The molecule has 0 amide bonds. The molecule has 0 fully saturated rings. The Hall–Kier alpha value is -0.921. The summed E-state index contributed by atoms with van der Waals surface area (Å²) in [6.45, 7) is 7.79. The predicted octanol–water partition coefficient (Wildman–Crippen LogP) is 6.97. The summed E-state index contributed by atoms with van der Waals surface area (Å²) in [6.07, 6.45) is 13.0. The van der Waals surface area contributed by atoms with E-state index in [-0.39, 0.29) is 37.2 Å². The number of hydrogen-bond acceptors (Lipinski definition) is 6. The van der Waals surface area contributed by atoms with Crippen LogP contribution < -0.4 is 0 Å². The topological polar surface area (TPSA) is 86.7 Å². The van der Waals surface area contributed by atoms with Gasteiger partial charge in [-0.1, -0.05) is 0 Å². The van der Waals surface area contributed by atoms with Gasteiger partial charge in [-0.2, -0.15) is 0 Å². The molecule has 6 nitrogen and oxygen atoms in total. The summed E-state index contributed by atoms with van der Waals surface area (Å²) in [5, 5.41) is 0. The van der Waals surface area contributed by atoms with E-state index in [2.05, 4.69) is 13.8 Å². The summed E-state index contributed by atoms with van der Waals surface area (Å²) in [5.74, 6) is -1.48. The molecule has 0 heterocycles. The van der Waals surface area contributed by atoms with Crippen LogP contribution in [0, 0.1) is 0 Å². The number of unbranched alkanes of at least 4 members (excludes halogenated alkanes) is 10. The second-order valence-corrected chi connectivity index (χ2v) is 18.3. The van der Waals surface area contributed by atoms with Crippen LogP contribution in [0.2, 0.25) is 8.87 Å². The van der Waals surface area contributed by atoms with Gasteiger partial charge in [0.25, 0.3) is 0 Å². The molecular formula is C26H48O6Sn. The van der Waals surface area contributed by atoms with E-state index >= 15 is 0 Å². The summed E-state index contributed by atoms with van der Waals surface area (Å²) in [7, 11) is 0. The monoisotopic (exact) mass is 576 g/mol. The van der Waals surface area contributed by atoms with Gasteiger partial charge in [-0.25, -0.2) is 0 Å². The third-order valence-corrected chi connectivity index (χ3v) is 15.7. The molecule has 0 N–H and O–H groups in total. The van der Waals surface area contributed by atoms with Crippen LogP contribution in [0.1, 0.15) is 130 Å². The Morgan fingerprint density at radius 1 is 0.515 bits per heavy atom. The summed E-state index contributed by atoms with van der Waals surface area (Å²) < 4.78 is 13.1. The molecule has 7 heteroatoms. The van der Waals surface area contributed by atoms with Crippen molar-refractivity contribution in [3.8, 4) is 0 Å². The van der Waals surface area contributed by atoms with E-state index in [1.54, 1.807) is 13.8 Å². The number of carbonyl (C=O) groups excluding carboxylic acids is 4. The molecular weight excluding hydrogens is 527 g/mol. The van der Waals surface area contributed by atoms with Crippen LogP contribution in [0.3, 0.4) is 0 Å². The Labute approximate surface area is 206 Å². The van der Waals surface area contributed by atoms with Gasteiger partial charge in [0.2, 0.25) is 0 Å². The molecule has 0 unspecified atom stereocenters. The van der Waals surface area contributed by atoms with Crippen molar-refractivity contribution in [1.82, 2.24) is 0 Å². The Morgan fingerprint density at radius 3 is 1.18 bits per heavy atom. The Morgan fingerprint density at radius 2 is 0.848 bits per heavy atom. The molecule has 0 saturated heterocycles. The molecule has 0 aliphatic carbocycles. The van der Waals surface area contributed by atoms with Crippen LogP contribution in [0.4, 0.5) is 0 Å². The third-order valence-electron chi connectivity index (χ3n) is 5.89. The van der Waals surface area contributed by atoms with Crippen LogP contribution in [0.5, 0.6) is 0 Å². The van der Waals surface area contributed by atoms with E-state index in [4.69, 9.17) is 6.15 Å². The second kappa shape index (κ2) is 20.5. The average Bonchev–Trinajstić information content (AvgIpc) is 2.78. The summed E-state index contributed by atoms with van der Waals surface area (Å²) >= 11 is -4.16. The van der Waals surface area contributed by atoms with Crippen LogP contribution >= 0.6 is 0 Å². The Bertz CT molecular complexity index is 525. The van der Waals surface area contributed by atoms with Gasteiger partial charge in [0, 0.05) is 0 Å². The first-order chi connectivity index (χ1) is 15.8. The van der Waals surface area contributed by atoms with Crippen molar-refractivity contribution >= 4 is 42.7 Å². The quantitative estimate of drug-likeness (QED) is 0.0787. The first kappa shape index (κ1) is 32.1. The molecule has 0 aliphatic heterocycles. The van der Waals surface area contributed by atoms with Gasteiger partial charge in [0.15, 0.2) is 0 Å². The summed E-state index contributed by atoms with van der Waals surface area (Å²) in [4.78, 5) is 48.8. The molecule has 0 aromatic heterocycles. The Kier molecular flexibility index (Phi) is 19.9. The van der Waals surface area contributed by atoms with Gasteiger partial charge in [-0.15, -0.1) is 0 Å². The zero-order chi connectivity index (χ0) is 25.0. The molecule has 33 heavy (non-hydrogen) atoms. The van der Waals surface area contributed by atoms with Gasteiger partial charge in [0.1, 0.15) is 0 Å². The van der Waals surface area contributed by atoms with Crippen molar-refractivity contribution in [2.24, 2.45) is 0 Å². The fourth-order valence-electron chi connectivity index (χ4n) is 3.76. The minimum atomic E-state index is -4.16. The van der Waals surface area contributed by atoms with Crippen molar-refractivity contribution in [2.45, 2.75) is 139 Å². The minimum absolute atomic E-state index is 0.174. The van der Waals surface area contributed by atoms with E-state index in [0.717, 1.165) is 38.5 Å². The van der Waals surface area contributed by atoms with Crippen LogP contribution in [-0.4, -0.2) is 42.7 Å². The number of Topliss-reactive ketones (excluding diaryl/α,β-unsaturated/α-hetero) is 2. The van der Waals surface area contributed by atoms with E-state index in [1.165, 1.54) is 38.5 Å². The third kappa shape index (κ3) is 17.2. The van der Waals surface area contributed by atoms with Gasteiger partial charge >= 0.3 is 207 Å². The number of hydrogen-bond donors (Lipinski definition) is 0. The van der Waals surface area contributed by atoms with Crippen molar-refractivity contribution in [2.75, 3.05) is 0 Å². The second-order valence-electron chi connectivity index (χ2n) is 9.03. The molecule has 0 saturated carbocycles. The van der Waals surface area contributed by atoms with Crippen molar-refractivity contribution in [3.05, 3.63) is 0 Å². The molecule has 0 spiro atoms. The maximum absolute atomic E-state index is 12.6. The molecule has 0 bridgehead atoms. The van der Waals surface area contributed by atoms with E-state index in [1.807, 2.05) is 0 Å². The zero-order valence-electron chi connectivity index (χ0n) is 21.7. The maximum atomic E-state index is 12.6. The van der Waals surface area contributed by atoms with E-state index < -0.39 is 31.1 Å². The fraction of sp³-hybridized carbons (Fsp3) is 0.846. The number of carbonyl (C=O) groups is 4. The standard InChI is InChI=1S/2C8H17.2C5H8O3.Sn/c2*1-3-5-7-8-6-4-2;2*1-2-4(6)3-5(7)8;/h2*1,3-8H2,2H3;2*2-3H2,1H3,(H,7,8);/q;;;;+2/p-2.